The van der Waals surface area contributed by atoms with Crippen LogP contribution in [0.4, 0.5) is 11.4 Å². The number of benzene rings is 2. The zero-order chi connectivity index (χ0) is 19.4. The summed E-state index contributed by atoms with van der Waals surface area (Å²) in [6, 6.07) is 12.8. The molecule has 1 N–H and O–H groups in total. The van der Waals surface area contributed by atoms with E-state index in [-0.39, 0.29) is 18.4 Å². The Kier molecular flexibility index (Phi) is 6.37. The fourth-order valence-electron chi connectivity index (χ4n) is 3.10. The second-order valence-corrected chi connectivity index (χ2v) is 7.48. The Morgan fingerprint density at radius 1 is 1.15 bits per heavy atom. The number of anilines is 2. The van der Waals surface area contributed by atoms with E-state index in [0.29, 0.717) is 28.7 Å². The zero-order valence-electron chi connectivity index (χ0n) is 15.0. The van der Waals surface area contributed by atoms with Gasteiger partial charge in [-0.2, -0.15) is 0 Å². The molecular weight excluding hydrogens is 385 g/mol. The van der Waals surface area contributed by atoms with Crippen LogP contribution in [0, 0.1) is 0 Å². The van der Waals surface area contributed by atoms with E-state index in [1.54, 1.807) is 17.0 Å². The summed E-state index contributed by atoms with van der Waals surface area (Å²) >= 11 is 11.9. The molecule has 2 aromatic carbocycles. The molecule has 1 aliphatic rings. The SMILES string of the molecule is CN(CC(=O)Nc1ccc(N2CCCC2=O)cc1)Cc1ccc(Cl)c(Cl)c1. The van der Waals surface area contributed by atoms with Gasteiger partial charge in [-0.3, -0.25) is 14.5 Å². The summed E-state index contributed by atoms with van der Waals surface area (Å²) in [7, 11) is 1.87. The lowest BCUT2D eigenvalue weighted by atomic mass is 10.2. The fourth-order valence-corrected chi connectivity index (χ4v) is 3.42. The van der Waals surface area contributed by atoms with Crippen LogP contribution < -0.4 is 10.2 Å². The van der Waals surface area contributed by atoms with Gasteiger partial charge in [0.25, 0.3) is 0 Å². The average molecular weight is 406 g/mol. The van der Waals surface area contributed by atoms with Crippen molar-refractivity contribution in [2.45, 2.75) is 19.4 Å². The molecule has 2 amide bonds. The van der Waals surface area contributed by atoms with Crippen LogP contribution in [0.5, 0.6) is 0 Å². The average Bonchev–Trinajstić information content (AvgIpc) is 3.04. The van der Waals surface area contributed by atoms with Crippen molar-refractivity contribution in [3.05, 3.63) is 58.1 Å². The van der Waals surface area contributed by atoms with Crippen LogP contribution in [0.3, 0.4) is 0 Å². The first-order valence-corrected chi connectivity index (χ1v) is 9.51. The van der Waals surface area contributed by atoms with E-state index in [0.717, 1.165) is 24.2 Å². The van der Waals surface area contributed by atoms with Gasteiger partial charge in [0.1, 0.15) is 0 Å². The third-order valence-electron chi connectivity index (χ3n) is 4.39. The maximum Gasteiger partial charge on any atom is 0.238 e. The lowest BCUT2D eigenvalue weighted by molar-refractivity contribution is -0.117. The molecular formula is C20H21Cl2N3O2. The quantitative estimate of drug-likeness (QED) is 0.783. The molecule has 3 rings (SSSR count). The Hall–Kier alpha value is -2.08. The lowest BCUT2D eigenvalue weighted by Gasteiger charge is -2.18. The molecule has 0 radical (unpaired) electrons. The van der Waals surface area contributed by atoms with Crippen molar-refractivity contribution >= 4 is 46.4 Å². The molecule has 0 aromatic heterocycles. The Balaban J connectivity index is 1.52. The molecule has 2 aromatic rings. The topological polar surface area (TPSA) is 52.7 Å². The first-order valence-electron chi connectivity index (χ1n) is 8.75. The summed E-state index contributed by atoms with van der Waals surface area (Å²) in [4.78, 5) is 27.7. The summed E-state index contributed by atoms with van der Waals surface area (Å²) in [5, 5.41) is 3.89. The number of nitrogens with one attached hydrogen (secondary N) is 1. The van der Waals surface area contributed by atoms with Gasteiger partial charge in [0.05, 0.1) is 16.6 Å². The monoisotopic (exact) mass is 405 g/mol. The molecule has 0 atom stereocenters. The first kappa shape index (κ1) is 19.7. The van der Waals surface area contributed by atoms with E-state index in [2.05, 4.69) is 5.32 Å². The molecule has 0 saturated carbocycles. The predicted octanol–water partition coefficient (Wildman–Crippen LogP) is 4.19. The number of amides is 2. The Morgan fingerprint density at radius 3 is 2.52 bits per heavy atom. The van der Waals surface area contributed by atoms with E-state index >= 15 is 0 Å². The standard InChI is InChI=1S/C20H21Cl2N3O2/c1-24(12-14-4-9-17(21)18(22)11-14)13-19(26)23-15-5-7-16(8-6-15)25-10-2-3-20(25)27/h4-9,11H,2-3,10,12-13H2,1H3,(H,23,26). The Bertz CT molecular complexity index is 840. The third kappa shape index (κ3) is 5.22. The molecule has 27 heavy (non-hydrogen) atoms. The van der Waals surface area contributed by atoms with E-state index in [1.165, 1.54) is 0 Å². The minimum absolute atomic E-state index is 0.109. The number of hydrogen-bond donors (Lipinski definition) is 1. The minimum atomic E-state index is -0.109. The highest BCUT2D eigenvalue weighted by atomic mass is 35.5. The van der Waals surface area contributed by atoms with Gasteiger partial charge in [-0.1, -0.05) is 29.3 Å². The highest BCUT2D eigenvalue weighted by Gasteiger charge is 2.21. The van der Waals surface area contributed by atoms with Crippen LogP contribution in [0.1, 0.15) is 18.4 Å². The van der Waals surface area contributed by atoms with Crippen molar-refractivity contribution < 1.29 is 9.59 Å². The van der Waals surface area contributed by atoms with Crippen LogP contribution in [0.15, 0.2) is 42.5 Å². The number of nitrogens with zero attached hydrogens (tertiary/aromatic N) is 2. The van der Waals surface area contributed by atoms with Gasteiger partial charge in [-0.05, 0) is 55.4 Å². The number of carbonyl (C=O) groups is 2. The van der Waals surface area contributed by atoms with E-state index < -0.39 is 0 Å². The van der Waals surface area contributed by atoms with Crippen molar-refractivity contribution in [2.75, 3.05) is 30.4 Å². The fraction of sp³-hybridized carbons (Fsp3) is 0.300. The van der Waals surface area contributed by atoms with Crippen LogP contribution in [-0.4, -0.2) is 36.9 Å². The van der Waals surface area contributed by atoms with Crippen molar-refractivity contribution in [3.8, 4) is 0 Å². The maximum absolute atomic E-state index is 12.3. The largest absolute Gasteiger partial charge is 0.325 e. The summed E-state index contributed by atoms with van der Waals surface area (Å²) in [5.41, 5.74) is 2.56. The van der Waals surface area contributed by atoms with Crippen LogP contribution in [0.25, 0.3) is 0 Å². The van der Waals surface area contributed by atoms with Gasteiger partial charge in [0, 0.05) is 30.9 Å². The highest BCUT2D eigenvalue weighted by molar-refractivity contribution is 6.42. The molecule has 1 fully saturated rings. The molecule has 142 valence electrons. The normalized spacial score (nSPS) is 14.1. The smallest absolute Gasteiger partial charge is 0.238 e. The van der Waals surface area contributed by atoms with Gasteiger partial charge < -0.3 is 10.2 Å². The first-order chi connectivity index (χ1) is 12.9. The number of hydrogen-bond acceptors (Lipinski definition) is 3. The third-order valence-corrected chi connectivity index (χ3v) is 5.13. The summed E-state index contributed by atoms with van der Waals surface area (Å²) in [6.07, 6.45) is 1.49. The molecule has 0 unspecified atom stereocenters. The van der Waals surface area contributed by atoms with Gasteiger partial charge in [-0.25, -0.2) is 0 Å². The lowest BCUT2D eigenvalue weighted by Crippen LogP contribution is -2.29. The summed E-state index contributed by atoms with van der Waals surface area (Å²) in [6.45, 7) is 1.58. The van der Waals surface area contributed by atoms with Gasteiger partial charge in [0.2, 0.25) is 11.8 Å². The molecule has 1 aliphatic heterocycles. The highest BCUT2D eigenvalue weighted by Crippen LogP contribution is 2.24. The predicted molar refractivity (Wildman–Crippen MR) is 109 cm³/mol. The van der Waals surface area contributed by atoms with E-state index in [4.69, 9.17) is 23.2 Å². The van der Waals surface area contributed by atoms with Crippen molar-refractivity contribution in [1.82, 2.24) is 4.90 Å². The minimum Gasteiger partial charge on any atom is -0.325 e. The van der Waals surface area contributed by atoms with E-state index in [9.17, 15) is 9.59 Å². The van der Waals surface area contributed by atoms with Gasteiger partial charge in [0.15, 0.2) is 0 Å². The summed E-state index contributed by atoms with van der Waals surface area (Å²) < 4.78 is 0. The number of carbonyl (C=O) groups excluding carboxylic acids is 2. The number of rotatable bonds is 6. The molecule has 7 heteroatoms. The van der Waals surface area contributed by atoms with Crippen LogP contribution >= 0.6 is 23.2 Å². The van der Waals surface area contributed by atoms with E-state index in [1.807, 2.05) is 42.3 Å². The molecule has 0 aliphatic carbocycles. The second-order valence-electron chi connectivity index (χ2n) is 6.66. The number of halogens is 2. The maximum atomic E-state index is 12.3. The zero-order valence-corrected chi connectivity index (χ0v) is 16.6. The number of likely N-dealkylation sites (N-methyl/N-ethyl adjacent to an activating group) is 1. The Labute approximate surface area is 168 Å². The van der Waals surface area contributed by atoms with Gasteiger partial charge >= 0.3 is 0 Å². The molecule has 1 heterocycles. The van der Waals surface area contributed by atoms with Crippen molar-refractivity contribution in [2.24, 2.45) is 0 Å². The van der Waals surface area contributed by atoms with Crippen molar-refractivity contribution in [1.29, 1.82) is 0 Å². The molecule has 0 spiro atoms. The Morgan fingerprint density at radius 2 is 1.89 bits per heavy atom. The molecule has 5 nitrogen and oxygen atoms in total. The van der Waals surface area contributed by atoms with Crippen LogP contribution in [0.2, 0.25) is 10.0 Å². The van der Waals surface area contributed by atoms with Gasteiger partial charge in [-0.15, -0.1) is 0 Å². The van der Waals surface area contributed by atoms with Crippen molar-refractivity contribution in [3.63, 3.8) is 0 Å². The molecule has 0 bridgehead atoms. The molecule has 1 saturated heterocycles. The second kappa shape index (κ2) is 8.74. The summed E-state index contributed by atoms with van der Waals surface area (Å²) in [5.74, 6) is 0.0401. The van der Waals surface area contributed by atoms with Crippen LogP contribution in [-0.2, 0) is 16.1 Å².